The number of hydrogen-bond acceptors (Lipinski definition) is 5. The van der Waals surface area contributed by atoms with E-state index in [2.05, 4.69) is 6.58 Å². The van der Waals surface area contributed by atoms with E-state index in [1.807, 2.05) is 60.7 Å². The largest absolute Gasteiger partial charge is 0.492 e. The molecule has 0 saturated heterocycles. The third-order valence-electron chi connectivity index (χ3n) is 4.36. The molecule has 0 fully saturated rings. The number of methoxy groups -OCH3 is 1. The molecule has 7 heteroatoms. The highest BCUT2D eigenvalue weighted by atomic mass is 32.2. The van der Waals surface area contributed by atoms with Crippen molar-refractivity contribution in [2.24, 2.45) is 4.99 Å². The molecule has 0 aliphatic rings. The van der Waals surface area contributed by atoms with Crippen molar-refractivity contribution >= 4 is 32.8 Å². The maximum atomic E-state index is 12.9. The first-order valence-corrected chi connectivity index (χ1v) is 11.2. The van der Waals surface area contributed by atoms with E-state index in [4.69, 9.17) is 9.73 Å². The van der Waals surface area contributed by atoms with Crippen LogP contribution in [0.2, 0.25) is 0 Å². The molecule has 0 aliphatic heterocycles. The molecule has 0 radical (unpaired) electrons. The van der Waals surface area contributed by atoms with E-state index >= 15 is 0 Å². The van der Waals surface area contributed by atoms with Crippen molar-refractivity contribution in [1.82, 2.24) is 4.31 Å². The van der Waals surface area contributed by atoms with E-state index in [-0.39, 0.29) is 9.96 Å². The molecule has 0 aliphatic carbocycles. The van der Waals surface area contributed by atoms with Gasteiger partial charge >= 0.3 is 0 Å². The minimum Gasteiger partial charge on any atom is -0.492 e. The Hall–Kier alpha value is -2.90. The molecule has 0 bridgehead atoms. The summed E-state index contributed by atoms with van der Waals surface area (Å²) in [6.07, 6.45) is 0. The summed E-state index contributed by atoms with van der Waals surface area (Å²) in [6, 6.07) is 19.5. The average Bonchev–Trinajstić information content (AvgIpc) is 3.16. The smallest absolute Gasteiger partial charge is 0.277 e. The lowest BCUT2D eigenvalue weighted by Gasteiger charge is -2.18. The zero-order valence-electron chi connectivity index (χ0n) is 16.5. The van der Waals surface area contributed by atoms with Gasteiger partial charge in [-0.25, -0.2) is 13.4 Å². The second-order valence-electron chi connectivity index (χ2n) is 6.34. The van der Waals surface area contributed by atoms with E-state index < -0.39 is 10.0 Å². The van der Waals surface area contributed by atoms with E-state index in [9.17, 15) is 8.42 Å². The molecule has 2 aromatic carbocycles. The van der Waals surface area contributed by atoms with E-state index in [1.165, 1.54) is 14.2 Å². The van der Waals surface area contributed by atoms with Crippen LogP contribution >= 0.6 is 11.3 Å². The van der Waals surface area contributed by atoms with Crippen LogP contribution in [0.3, 0.4) is 0 Å². The van der Waals surface area contributed by atoms with Crippen LogP contribution < -0.4 is 4.74 Å². The standard InChI is InChI=1S/C22H22N2O3S2/c1-16(2)24(3)29(25,26)22-21(27-4)19(15-28-22)23-20(17-11-7-5-8-12-17)18-13-9-6-10-14-18/h5-15H,1H2,2-4H3. The number of benzene rings is 2. The van der Waals surface area contributed by atoms with E-state index in [0.29, 0.717) is 11.4 Å². The highest BCUT2D eigenvalue weighted by molar-refractivity contribution is 7.91. The van der Waals surface area contributed by atoms with Crippen LogP contribution in [-0.2, 0) is 10.0 Å². The number of aliphatic imine (C=N–C) groups is 1. The molecule has 0 amide bonds. The number of rotatable bonds is 7. The Labute approximate surface area is 175 Å². The van der Waals surface area contributed by atoms with Gasteiger partial charge in [-0.05, 0) is 6.92 Å². The summed E-state index contributed by atoms with van der Waals surface area (Å²) in [5.41, 5.74) is 3.47. The molecule has 0 spiro atoms. The quantitative estimate of drug-likeness (QED) is 0.495. The molecular formula is C22H22N2O3S2. The Balaban J connectivity index is 2.18. The third-order valence-corrected chi connectivity index (χ3v) is 7.71. The van der Waals surface area contributed by atoms with Gasteiger partial charge in [-0.1, -0.05) is 67.2 Å². The minimum absolute atomic E-state index is 0.102. The van der Waals surface area contributed by atoms with Crippen LogP contribution in [0, 0.1) is 0 Å². The maximum absolute atomic E-state index is 12.9. The van der Waals surface area contributed by atoms with Crippen LogP contribution in [0.5, 0.6) is 5.75 Å². The van der Waals surface area contributed by atoms with Gasteiger partial charge in [0.2, 0.25) is 0 Å². The molecule has 0 unspecified atom stereocenters. The first-order chi connectivity index (χ1) is 13.9. The van der Waals surface area contributed by atoms with Gasteiger partial charge in [-0.3, -0.25) is 4.31 Å². The number of ether oxygens (including phenoxy) is 1. The molecule has 3 aromatic rings. The van der Waals surface area contributed by atoms with Crippen LogP contribution in [0.1, 0.15) is 18.1 Å². The molecule has 29 heavy (non-hydrogen) atoms. The molecule has 1 aromatic heterocycles. The van der Waals surface area contributed by atoms with Crippen molar-refractivity contribution in [2.45, 2.75) is 11.1 Å². The second-order valence-corrected chi connectivity index (χ2v) is 9.39. The predicted molar refractivity (Wildman–Crippen MR) is 119 cm³/mol. The average molecular weight is 427 g/mol. The molecule has 3 rings (SSSR count). The third kappa shape index (κ3) is 4.26. The van der Waals surface area contributed by atoms with Gasteiger partial charge in [0.15, 0.2) is 9.96 Å². The normalized spacial score (nSPS) is 11.0. The lowest BCUT2D eigenvalue weighted by molar-refractivity contribution is 0.406. The number of hydrogen-bond donors (Lipinski definition) is 0. The van der Waals surface area contributed by atoms with Crippen LogP contribution in [-0.4, -0.2) is 32.6 Å². The van der Waals surface area contributed by atoms with E-state index in [1.54, 1.807) is 12.3 Å². The summed E-state index contributed by atoms with van der Waals surface area (Å²) in [7, 11) is -0.846. The van der Waals surface area contributed by atoms with Crippen molar-refractivity contribution in [3.8, 4) is 5.75 Å². The van der Waals surface area contributed by atoms with Crippen molar-refractivity contribution in [3.63, 3.8) is 0 Å². The van der Waals surface area contributed by atoms with Crippen molar-refractivity contribution in [3.05, 3.63) is 89.4 Å². The molecular weight excluding hydrogens is 404 g/mol. The van der Waals surface area contributed by atoms with Crippen LogP contribution in [0.15, 0.2) is 87.5 Å². The summed E-state index contributed by atoms with van der Waals surface area (Å²) in [5, 5.41) is 1.70. The summed E-state index contributed by atoms with van der Waals surface area (Å²) in [6.45, 7) is 5.36. The summed E-state index contributed by atoms with van der Waals surface area (Å²) in [5.74, 6) is 0.229. The SMILES string of the molecule is C=C(C)N(C)S(=O)(=O)c1scc(N=C(c2ccccc2)c2ccccc2)c1OC. The molecule has 1 heterocycles. The molecule has 0 atom stereocenters. The Kier molecular flexibility index (Phi) is 6.20. The van der Waals surface area contributed by atoms with Gasteiger partial charge in [-0.15, -0.1) is 11.3 Å². The molecule has 0 N–H and O–H groups in total. The van der Waals surface area contributed by atoms with Gasteiger partial charge in [0.1, 0.15) is 5.69 Å². The lowest BCUT2D eigenvalue weighted by Crippen LogP contribution is -2.24. The fourth-order valence-corrected chi connectivity index (χ4v) is 5.42. The van der Waals surface area contributed by atoms with Gasteiger partial charge in [0, 0.05) is 29.3 Å². The summed E-state index contributed by atoms with van der Waals surface area (Å²) >= 11 is 1.08. The van der Waals surface area contributed by atoms with Gasteiger partial charge in [0.05, 0.1) is 12.8 Å². The fourth-order valence-electron chi connectivity index (χ4n) is 2.70. The Bertz CT molecular complexity index is 1090. The summed E-state index contributed by atoms with van der Waals surface area (Å²) in [4.78, 5) is 4.80. The van der Waals surface area contributed by atoms with E-state index in [0.717, 1.165) is 32.5 Å². The number of nitrogens with zero attached hydrogens (tertiary/aromatic N) is 2. The fraction of sp³-hybridized carbons (Fsp3) is 0.136. The topological polar surface area (TPSA) is 59.0 Å². The highest BCUT2D eigenvalue weighted by Crippen LogP contribution is 2.42. The number of allylic oxidation sites excluding steroid dienone is 1. The predicted octanol–water partition coefficient (Wildman–Crippen LogP) is 5.08. The summed E-state index contributed by atoms with van der Waals surface area (Å²) < 4.78 is 32.6. The second kappa shape index (κ2) is 8.63. The van der Waals surface area contributed by atoms with Crippen molar-refractivity contribution < 1.29 is 13.2 Å². The first kappa shape index (κ1) is 20.8. The zero-order chi connectivity index (χ0) is 21.0. The zero-order valence-corrected chi connectivity index (χ0v) is 18.1. The maximum Gasteiger partial charge on any atom is 0.277 e. The number of thiophene rings is 1. The van der Waals surface area contributed by atoms with Gasteiger partial charge < -0.3 is 4.74 Å². The monoisotopic (exact) mass is 426 g/mol. The highest BCUT2D eigenvalue weighted by Gasteiger charge is 2.29. The molecule has 0 saturated carbocycles. The molecule has 150 valence electrons. The molecule has 5 nitrogen and oxygen atoms in total. The van der Waals surface area contributed by atoms with Crippen LogP contribution in [0.25, 0.3) is 0 Å². The van der Waals surface area contributed by atoms with Gasteiger partial charge in [0.25, 0.3) is 10.0 Å². The minimum atomic E-state index is -3.77. The van der Waals surface area contributed by atoms with Gasteiger partial charge in [-0.2, -0.15) is 0 Å². The lowest BCUT2D eigenvalue weighted by atomic mass is 10.0. The van der Waals surface area contributed by atoms with Crippen molar-refractivity contribution in [1.29, 1.82) is 0 Å². The Morgan fingerprint density at radius 3 is 2.00 bits per heavy atom. The van der Waals surface area contributed by atoms with Crippen LogP contribution in [0.4, 0.5) is 5.69 Å². The number of sulfonamides is 1. The first-order valence-electron chi connectivity index (χ1n) is 8.85. The Morgan fingerprint density at radius 1 is 1.03 bits per heavy atom. The Morgan fingerprint density at radius 2 is 1.55 bits per heavy atom. The van der Waals surface area contributed by atoms with Crippen molar-refractivity contribution in [2.75, 3.05) is 14.2 Å².